The Bertz CT molecular complexity index is 762. The molecule has 0 bridgehead atoms. The molecule has 10 nitrogen and oxygen atoms in total. The minimum absolute atomic E-state index is 0.0932. The molecule has 2 heterocycles. The Morgan fingerprint density at radius 2 is 2.19 bits per heavy atom. The molecule has 114 valence electrons. The summed E-state index contributed by atoms with van der Waals surface area (Å²) in [6.07, 6.45) is 1.94. The SMILES string of the molecule is CCCn1cc(S(=O)(=O)Nc2nnn(C)n2)cc1C(=O)O. The van der Waals surface area contributed by atoms with Gasteiger partial charge in [0, 0.05) is 12.7 Å². The Kier molecular flexibility index (Phi) is 3.93. The van der Waals surface area contributed by atoms with Crippen molar-refractivity contribution >= 4 is 21.9 Å². The van der Waals surface area contributed by atoms with Gasteiger partial charge in [0.05, 0.1) is 7.05 Å². The number of carbonyl (C=O) groups is 1. The van der Waals surface area contributed by atoms with Gasteiger partial charge in [-0.25, -0.2) is 17.9 Å². The largest absolute Gasteiger partial charge is 0.477 e. The van der Waals surface area contributed by atoms with Crippen molar-refractivity contribution in [3.05, 3.63) is 18.0 Å². The van der Waals surface area contributed by atoms with Crippen LogP contribution < -0.4 is 4.72 Å². The minimum atomic E-state index is -3.97. The maximum atomic E-state index is 12.2. The van der Waals surface area contributed by atoms with Gasteiger partial charge in [0.2, 0.25) is 0 Å². The first-order valence-electron chi connectivity index (χ1n) is 6.03. The van der Waals surface area contributed by atoms with E-state index in [4.69, 9.17) is 5.11 Å². The second kappa shape index (κ2) is 5.52. The third kappa shape index (κ3) is 3.18. The highest BCUT2D eigenvalue weighted by Gasteiger charge is 2.22. The maximum absolute atomic E-state index is 12.2. The highest BCUT2D eigenvalue weighted by Crippen LogP contribution is 2.17. The lowest BCUT2D eigenvalue weighted by Gasteiger charge is -2.02. The molecule has 0 aromatic carbocycles. The lowest BCUT2D eigenvalue weighted by molar-refractivity contribution is 0.0685. The van der Waals surface area contributed by atoms with E-state index in [0.717, 1.165) is 10.9 Å². The van der Waals surface area contributed by atoms with E-state index in [1.54, 1.807) is 0 Å². The molecule has 0 fully saturated rings. The van der Waals surface area contributed by atoms with E-state index in [1.165, 1.54) is 17.8 Å². The van der Waals surface area contributed by atoms with Crippen LogP contribution >= 0.6 is 0 Å². The van der Waals surface area contributed by atoms with Gasteiger partial charge in [-0.05, 0) is 17.7 Å². The highest BCUT2D eigenvalue weighted by molar-refractivity contribution is 7.92. The first-order chi connectivity index (χ1) is 9.83. The molecule has 0 aliphatic heterocycles. The van der Waals surface area contributed by atoms with Crippen molar-refractivity contribution in [1.82, 2.24) is 24.8 Å². The van der Waals surface area contributed by atoms with E-state index < -0.39 is 16.0 Å². The number of aromatic nitrogens is 5. The summed E-state index contributed by atoms with van der Waals surface area (Å²) < 4.78 is 27.9. The predicted molar refractivity (Wildman–Crippen MR) is 71.3 cm³/mol. The van der Waals surface area contributed by atoms with Gasteiger partial charge in [0.15, 0.2) is 0 Å². The van der Waals surface area contributed by atoms with E-state index >= 15 is 0 Å². The number of rotatable bonds is 6. The van der Waals surface area contributed by atoms with Crippen LogP contribution in [-0.2, 0) is 23.6 Å². The predicted octanol–water partition coefficient (Wildman–Crippen LogP) is -0.0794. The van der Waals surface area contributed by atoms with Gasteiger partial charge >= 0.3 is 5.97 Å². The Balaban J connectivity index is 2.35. The van der Waals surface area contributed by atoms with Crippen molar-refractivity contribution in [2.45, 2.75) is 24.8 Å². The molecule has 0 saturated heterocycles. The van der Waals surface area contributed by atoms with Gasteiger partial charge < -0.3 is 9.67 Å². The number of carboxylic acids is 1. The van der Waals surface area contributed by atoms with Crippen LogP contribution in [0.4, 0.5) is 5.95 Å². The van der Waals surface area contributed by atoms with E-state index in [1.807, 2.05) is 6.92 Å². The Morgan fingerprint density at radius 1 is 1.48 bits per heavy atom. The lowest BCUT2D eigenvalue weighted by Crippen LogP contribution is -2.13. The van der Waals surface area contributed by atoms with E-state index in [-0.39, 0.29) is 16.5 Å². The van der Waals surface area contributed by atoms with Gasteiger partial charge in [-0.1, -0.05) is 12.0 Å². The number of carboxylic acid groups (broad SMARTS) is 1. The number of hydrogen-bond donors (Lipinski definition) is 2. The molecule has 0 atom stereocenters. The topological polar surface area (TPSA) is 132 Å². The summed E-state index contributed by atoms with van der Waals surface area (Å²) in [6.45, 7) is 2.27. The molecular formula is C10H14N6O4S. The summed E-state index contributed by atoms with van der Waals surface area (Å²) in [4.78, 5) is 12.1. The molecule has 0 aliphatic rings. The number of nitrogens with zero attached hydrogens (tertiary/aromatic N) is 5. The first-order valence-corrected chi connectivity index (χ1v) is 7.52. The monoisotopic (exact) mass is 314 g/mol. The second-order valence-corrected chi connectivity index (χ2v) is 5.95. The van der Waals surface area contributed by atoms with Gasteiger partial charge in [0.25, 0.3) is 16.0 Å². The number of aryl methyl sites for hydroxylation is 2. The number of aromatic carboxylic acids is 1. The number of sulfonamides is 1. The van der Waals surface area contributed by atoms with Crippen LogP contribution in [0, 0.1) is 0 Å². The molecule has 2 aromatic rings. The Hall–Kier alpha value is -2.43. The molecule has 2 N–H and O–H groups in total. The van der Waals surface area contributed by atoms with Crippen molar-refractivity contribution in [3.63, 3.8) is 0 Å². The van der Waals surface area contributed by atoms with E-state index in [0.29, 0.717) is 13.0 Å². The third-order valence-corrected chi connectivity index (χ3v) is 3.89. The number of hydrogen-bond acceptors (Lipinski definition) is 6. The molecule has 0 aliphatic carbocycles. The standard InChI is InChI=1S/C10H14N6O4S/c1-3-4-16-6-7(5-8(16)9(17)18)21(19,20)13-10-11-14-15(2)12-10/h5-6H,3-4H2,1-2H3,(H,12,13)(H,17,18). The first kappa shape index (κ1) is 15.0. The zero-order valence-corrected chi connectivity index (χ0v) is 12.2. The molecular weight excluding hydrogens is 300 g/mol. The van der Waals surface area contributed by atoms with E-state index in [9.17, 15) is 13.2 Å². The zero-order valence-electron chi connectivity index (χ0n) is 11.4. The maximum Gasteiger partial charge on any atom is 0.352 e. The minimum Gasteiger partial charge on any atom is -0.477 e. The van der Waals surface area contributed by atoms with Crippen LogP contribution in [0.1, 0.15) is 23.8 Å². The van der Waals surface area contributed by atoms with Gasteiger partial charge in [0.1, 0.15) is 10.6 Å². The van der Waals surface area contributed by atoms with Crippen LogP contribution in [0.3, 0.4) is 0 Å². The third-order valence-electron chi connectivity index (χ3n) is 2.60. The van der Waals surface area contributed by atoms with Crippen molar-refractivity contribution in [1.29, 1.82) is 0 Å². The number of anilines is 1. The highest BCUT2D eigenvalue weighted by atomic mass is 32.2. The molecule has 2 rings (SSSR count). The number of nitrogens with one attached hydrogen (secondary N) is 1. The van der Waals surface area contributed by atoms with E-state index in [2.05, 4.69) is 20.1 Å². The molecule has 0 unspecified atom stereocenters. The van der Waals surface area contributed by atoms with Gasteiger partial charge in [-0.3, -0.25) is 0 Å². The Labute approximate surface area is 120 Å². The van der Waals surface area contributed by atoms with Crippen molar-refractivity contribution < 1.29 is 18.3 Å². The van der Waals surface area contributed by atoms with Gasteiger partial charge in [-0.15, -0.1) is 5.10 Å². The fraction of sp³-hybridized carbons (Fsp3) is 0.400. The molecule has 11 heteroatoms. The fourth-order valence-corrected chi connectivity index (χ4v) is 2.71. The molecule has 0 radical (unpaired) electrons. The van der Waals surface area contributed by atoms with Crippen LogP contribution in [0.25, 0.3) is 0 Å². The summed E-state index contributed by atoms with van der Waals surface area (Å²) in [5.74, 6) is -1.37. The zero-order chi connectivity index (χ0) is 15.6. The fourth-order valence-electron chi connectivity index (χ4n) is 1.74. The summed E-state index contributed by atoms with van der Waals surface area (Å²) in [7, 11) is -2.47. The molecule has 0 spiro atoms. The lowest BCUT2D eigenvalue weighted by atomic mass is 10.4. The van der Waals surface area contributed by atoms with Crippen LogP contribution in [0.5, 0.6) is 0 Å². The average molecular weight is 314 g/mol. The normalized spacial score (nSPS) is 11.5. The van der Waals surface area contributed by atoms with Crippen molar-refractivity contribution in [3.8, 4) is 0 Å². The second-order valence-electron chi connectivity index (χ2n) is 4.27. The summed E-state index contributed by atoms with van der Waals surface area (Å²) in [5.41, 5.74) is -0.0932. The van der Waals surface area contributed by atoms with Crippen LogP contribution in [0.2, 0.25) is 0 Å². The average Bonchev–Trinajstić information content (AvgIpc) is 2.96. The molecule has 2 aromatic heterocycles. The summed E-state index contributed by atoms with van der Waals surface area (Å²) in [5, 5.41) is 19.8. The smallest absolute Gasteiger partial charge is 0.352 e. The summed E-state index contributed by atoms with van der Waals surface area (Å²) >= 11 is 0. The molecule has 0 saturated carbocycles. The Morgan fingerprint density at radius 3 is 2.71 bits per heavy atom. The quantitative estimate of drug-likeness (QED) is 0.762. The number of tetrazole rings is 1. The van der Waals surface area contributed by atoms with Crippen molar-refractivity contribution in [2.24, 2.45) is 7.05 Å². The summed E-state index contributed by atoms with van der Waals surface area (Å²) in [6, 6.07) is 1.09. The molecule has 21 heavy (non-hydrogen) atoms. The van der Waals surface area contributed by atoms with Gasteiger partial charge in [-0.2, -0.15) is 4.80 Å². The van der Waals surface area contributed by atoms with Crippen LogP contribution in [0.15, 0.2) is 17.2 Å². The van der Waals surface area contributed by atoms with Crippen molar-refractivity contribution in [2.75, 3.05) is 4.72 Å². The van der Waals surface area contributed by atoms with Crippen LogP contribution in [-0.4, -0.2) is 44.3 Å². The molecule has 0 amide bonds.